The highest BCUT2D eigenvalue weighted by atomic mass is 32.2. The molecule has 7 nitrogen and oxygen atoms in total. The van der Waals surface area contributed by atoms with E-state index in [0.29, 0.717) is 40.3 Å². The number of hydrogen-bond donors (Lipinski definition) is 1. The molecule has 1 saturated heterocycles. The summed E-state index contributed by atoms with van der Waals surface area (Å²) >= 11 is 1.54. The van der Waals surface area contributed by atoms with Crippen molar-refractivity contribution >= 4 is 35.2 Å². The van der Waals surface area contributed by atoms with E-state index in [1.807, 2.05) is 6.07 Å². The number of nitrogens with zero attached hydrogens (tertiary/aromatic N) is 4. The number of amides is 1. The summed E-state index contributed by atoms with van der Waals surface area (Å²) in [6.45, 7) is 7.14. The molecule has 1 aromatic heterocycles. The molecule has 1 aliphatic carbocycles. The first-order valence-electron chi connectivity index (χ1n) is 12.2. The average molecular weight is 528 g/mol. The highest BCUT2D eigenvalue weighted by Gasteiger charge is 2.48. The van der Waals surface area contributed by atoms with Gasteiger partial charge in [0.15, 0.2) is 5.17 Å². The molecule has 3 atom stereocenters. The second-order valence-electron chi connectivity index (χ2n) is 8.75. The molecule has 3 heterocycles. The number of hydrogen-bond acceptors (Lipinski definition) is 7. The zero-order valence-corrected chi connectivity index (χ0v) is 21.8. The summed E-state index contributed by atoms with van der Waals surface area (Å²) < 4.78 is 33.8. The number of ether oxygens (including phenoxy) is 1. The van der Waals surface area contributed by atoms with E-state index in [1.54, 1.807) is 11.0 Å². The molecular formula is C27H31F2N5O2S. The van der Waals surface area contributed by atoms with Gasteiger partial charge in [-0.3, -0.25) is 14.8 Å². The summed E-state index contributed by atoms with van der Waals surface area (Å²) in [7, 11) is 0. The number of carbonyl (C=O) groups excluding carboxylic acids is 1. The zero-order valence-electron chi connectivity index (χ0n) is 20.9. The molecule has 1 amide bonds. The molecule has 196 valence electrons. The molecule has 1 aromatic carbocycles. The molecule has 37 heavy (non-hydrogen) atoms. The first kappa shape index (κ1) is 28.3. The van der Waals surface area contributed by atoms with Gasteiger partial charge >= 0.3 is 0 Å². The van der Waals surface area contributed by atoms with Crippen molar-refractivity contribution in [2.75, 3.05) is 26.3 Å². The van der Waals surface area contributed by atoms with E-state index in [4.69, 9.17) is 15.7 Å². The number of pyridine rings is 1. The van der Waals surface area contributed by atoms with E-state index >= 15 is 0 Å². The smallest absolute Gasteiger partial charge is 0.209 e. The van der Waals surface area contributed by atoms with Crippen LogP contribution in [0, 0.1) is 23.1 Å². The zero-order chi connectivity index (χ0) is 26.8. The van der Waals surface area contributed by atoms with Gasteiger partial charge in [0.25, 0.3) is 0 Å². The van der Waals surface area contributed by atoms with Gasteiger partial charge in [-0.1, -0.05) is 38.1 Å². The third-order valence-electron chi connectivity index (χ3n) is 5.69. The standard InChI is InChI=1S/C19H14F2N4S.C5H9NO2.C3H8/c20-14-3-1-10(6-15(21)16-4-2-11(8-22)9-24-16)5-12(14)18-13-7-17(13)26-19(23)25-18;7-5-6-1-3-8-4-2-6;1-3-2/h1-6,9,13,17-18H,7H2,(H2,23,25);5H,1-4H2;3H2,1-2H3/b15-6-;;. The Morgan fingerprint density at radius 1 is 1.30 bits per heavy atom. The first-order chi connectivity index (χ1) is 17.9. The minimum absolute atomic E-state index is 0.119. The quantitative estimate of drug-likeness (QED) is 0.565. The topological polar surface area (TPSA) is 105 Å². The van der Waals surface area contributed by atoms with Crippen LogP contribution in [-0.2, 0) is 9.53 Å². The largest absolute Gasteiger partial charge is 0.379 e. The molecule has 2 N–H and O–H groups in total. The second-order valence-corrected chi connectivity index (χ2v) is 10.0. The van der Waals surface area contributed by atoms with Crippen LogP contribution in [0.15, 0.2) is 41.5 Å². The second kappa shape index (κ2) is 13.9. The lowest BCUT2D eigenvalue weighted by Gasteiger charge is -2.21. The third-order valence-corrected chi connectivity index (χ3v) is 6.88. The Bertz CT molecular complexity index is 1160. The normalized spacial score (nSPS) is 22.1. The molecular weight excluding hydrogens is 496 g/mol. The van der Waals surface area contributed by atoms with Crippen molar-refractivity contribution in [1.82, 2.24) is 9.88 Å². The van der Waals surface area contributed by atoms with Gasteiger partial charge < -0.3 is 15.4 Å². The fourth-order valence-corrected chi connectivity index (χ4v) is 4.89. The molecule has 0 radical (unpaired) electrons. The van der Waals surface area contributed by atoms with Crippen molar-refractivity contribution < 1.29 is 18.3 Å². The summed E-state index contributed by atoms with van der Waals surface area (Å²) in [4.78, 5) is 20.1. The van der Waals surface area contributed by atoms with Crippen molar-refractivity contribution in [3.05, 3.63) is 64.7 Å². The van der Waals surface area contributed by atoms with Crippen LogP contribution in [0.2, 0.25) is 0 Å². The summed E-state index contributed by atoms with van der Waals surface area (Å²) in [5, 5.41) is 9.64. The van der Waals surface area contributed by atoms with Gasteiger partial charge in [0.1, 0.15) is 17.7 Å². The number of nitriles is 1. The van der Waals surface area contributed by atoms with E-state index in [0.717, 1.165) is 25.9 Å². The minimum atomic E-state index is -0.557. The van der Waals surface area contributed by atoms with Crippen molar-refractivity contribution in [1.29, 1.82) is 5.26 Å². The van der Waals surface area contributed by atoms with Gasteiger partial charge in [-0.25, -0.2) is 8.78 Å². The van der Waals surface area contributed by atoms with Gasteiger partial charge in [-0.15, -0.1) is 0 Å². The molecule has 1 saturated carbocycles. The number of carbonyl (C=O) groups is 1. The van der Waals surface area contributed by atoms with E-state index < -0.39 is 5.83 Å². The van der Waals surface area contributed by atoms with Gasteiger partial charge in [0.2, 0.25) is 6.41 Å². The molecule has 3 aliphatic rings. The summed E-state index contributed by atoms with van der Waals surface area (Å²) in [5.41, 5.74) is 7.27. The lowest BCUT2D eigenvalue weighted by Crippen LogP contribution is -2.34. The fraction of sp³-hybridized carbons (Fsp3) is 0.407. The van der Waals surface area contributed by atoms with Gasteiger partial charge in [-0.2, -0.15) is 5.26 Å². The Morgan fingerprint density at radius 3 is 2.62 bits per heavy atom. The van der Waals surface area contributed by atoms with Crippen LogP contribution in [0.5, 0.6) is 0 Å². The summed E-state index contributed by atoms with van der Waals surface area (Å²) in [6, 6.07) is 9.01. The van der Waals surface area contributed by atoms with Crippen LogP contribution in [0.3, 0.4) is 0 Å². The third kappa shape index (κ3) is 8.10. The molecule has 2 fully saturated rings. The van der Waals surface area contributed by atoms with E-state index in [1.165, 1.54) is 54.7 Å². The first-order valence-corrected chi connectivity index (χ1v) is 13.1. The molecule has 0 bridgehead atoms. The molecule has 2 aromatic rings. The molecule has 0 spiro atoms. The van der Waals surface area contributed by atoms with Gasteiger partial charge in [0.05, 0.1) is 30.5 Å². The van der Waals surface area contributed by atoms with Crippen LogP contribution >= 0.6 is 11.8 Å². The van der Waals surface area contributed by atoms with Crippen molar-refractivity contribution in [2.45, 2.75) is 38.0 Å². The van der Waals surface area contributed by atoms with Crippen LogP contribution in [-0.4, -0.2) is 53.0 Å². The number of aliphatic imine (C=N–C) groups is 1. The molecule has 2 aliphatic heterocycles. The SMILES string of the molecule is CCC.N#Cc1ccc(/C(F)=C/c2ccc(F)c(C3N=C(N)SC4CC43)c2)nc1.O=CN1CCOCC1. The van der Waals surface area contributed by atoms with Crippen molar-refractivity contribution in [2.24, 2.45) is 16.6 Å². The number of benzene rings is 1. The number of aromatic nitrogens is 1. The lowest BCUT2D eigenvalue weighted by molar-refractivity contribution is -0.121. The highest BCUT2D eigenvalue weighted by Crippen LogP contribution is 2.54. The maximum Gasteiger partial charge on any atom is 0.209 e. The highest BCUT2D eigenvalue weighted by molar-refractivity contribution is 8.14. The van der Waals surface area contributed by atoms with Crippen LogP contribution in [0.25, 0.3) is 11.9 Å². The van der Waals surface area contributed by atoms with Crippen molar-refractivity contribution in [3.8, 4) is 6.07 Å². The Balaban J connectivity index is 0.000000290. The Morgan fingerprint density at radius 2 is 2.03 bits per heavy atom. The van der Waals surface area contributed by atoms with E-state index in [-0.39, 0.29) is 23.5 Å². The number of nitrogens with two attached hydrogens (primary N) is 1. The predicted molar refractivity (Wildman–Crippen MR) is 143 cm³/mol. The number of amidine groups is 1. The number of rotatable bonds is 4. The number of morpholine rings is 1. The van der Waals surface area contributed by atoms with Crippen LogP contribution in [0.1, 0.15) is 55.1 Å². The van der Waals surface area contributed by atoms with E-state index in [9.17, 15) is 13.6 Å². The Hall–Kier alpha value is -3.29. The number of thioether (sulfide) groups is 1. The Kier molecular flexibility index (Phi) is 10.6. The number of halogens is 2. The predicted octanol–water partition coefficient (Wildman–Crippen LogP) is 4.94. The maximum atomic E-state index is 14.4. The molecule has 10 heteroatoms. The summed E-state index contributed by atoms with van der Waals surface area (Å²) in [6.07, 6.45) is 5.68. The summed E-state index contributed by atoms with van der Waals surface area (Å²) in [5.74, 6) is -0.636. The fourth-order valence-electron chi connectivity index (χ4n) is 3.76. The van der Waals surface area contributed by atoms with Crippen LogP contribution < -0.4 is 5.73 Å². The average Bonchev–Trinajstić information content (AvgIpc) is 3.70. The maximum absolute atomic E-state index is 14.4. The molecule has 5 rings (SSSR count). The Labute approximate surface area is 220 Å². The van der Waals surface area contributed by atoms with E-state index in [2.05, 4.69) is 23.8 Å². The minimum Gasteiger partial charge on any atom is -0.379 e. The lowest BCUT2D eigenvalue weighted by atomic mass is 9.99. The monoisotopic (exact) mass is 527 g/mol. The number of fused-ring (bicyclic) bond motifs is 1. The van der Waals surface area contributed by atoms with Crippen molar-refractivity contribution in [3.63, 3.8) is 0 Å². The van der Waals surface area contributed by atoms with Crippen LogP contribution in [0.4, 0.5) is 8.78 Å². The van der Waals surface area contributed by atoms with Gasteiger partial charge in [-0.05, 0) is 48.2 Å². The van der Waals surface area contributed by atoms with Gasteiger partial charge in [0, 0.05) is 30.1 Å². The molecule has 3 unspecified atom stereocenters.